The van der Waals surface area contributed by atoms with Crippen LogP contribution < -0.4 is 15.5 Å². The quantitative estimate of drug-likeness (QED) is 0.388. The summed E-state index contributed by atoms with van der Waals surface area (Å²) in [6.07, 6.45) is 4.20. The molecule has 1 aromatic rings. The first-order valence-corrected chi connectivity index (χ1v) is 11.3. The fourth-order valence-corrected chi connectivity index (χ4v) is 3.49. The molecule has 0 radical (unpaired) electrons. The summed E-state index contributed by atoms with van der Waals surface area (Å²) in [4.78, 5) is 38.8. The first-order chi connectivity index (χ1) is 15.0. The molecule has 0 aliphatic carbocycles. The Morgan fingerprint density at radius 2 is 1.81 bits per heavy atom. The predicted octanol–water partition coefficient (Wildman–Crippen LogP) is 3.12. The zero-order valence-electron chi connectivity index (χ0n) is 18.7. The van der Waals surface area contributed by atoms with Gasteiger partial charge in [0.2, 0.25) is 5.91 Å². The molecular weight excluding hydrogens is 398 g/mol. The number of benzene rings is 1. The number of carbonyl (C=O) groups is 3. The summed E-state index contributed by atoms with van der Waals surface area (Å²) >= 11 is 0. The molecule has 0 saturated carbocycles. The van der Waals surface area contributed by atoms with E-state index < -0.39 is 5.97 Å². The molecule has 2 rings (SSSR count). The Kier molecular flexibility index (Phi) is 10.9. The van der Waals surface area contributed by atoms with Crippen LogP contribution in [-0.4, -0.2) is 57.2 Å². The Balaban J connectivity index is 2.06. The van der Waals surface area contributed by atoms with E-state index in [2.05, 4.69) is 15.5 Å². The number of esters is 1. The first kappa shape index (κ1) is 24.7. The van der Waals surface area contributed by atoms with E-state index in [0.29, 0.717) is 37.6 Å². The van der Waals surface area contributed by atoms with Crippen molar-refractivity contribution in [2.24, 2.45) is 0 Å². The Labute approximate surface area is 184 Å². The molecule has 0 atom stereocenters. The Morgan fingerprint density at radius 3 is 2.52 bits per heavy atom. The Bertz CT molecular complexity index is 732. The van der Waals surface area contributed by atoms with Gasteiger partial charge in [0.15, 0.2) is 0 Å². The molecule has 1 aliphatic rings. The Morgan fingerprint density at radius 1 is 1.03 bits per heavy atom. The third kappa shape index (κ3) is 8.57. The monoisotopic (exact) mass is 433 g/mol. The van der Waals surface area contributed by atoms with Gasteiger partial charge in [-0.25, -0.2) is 0 Å². The van der Waals surface area contributed by atoms with E-state index in [1.165, 1.54) is 6.42 Å². The fraction of sp³-hybridized carbons (Fsp3) is 0.609. The van der Waals surface area contributed by atoms with Gasteiger partial charge in [0.1, 0.15) is 0 Å². The van der Waals surface area contributed by atoms with Crippen LogP contribution in [0.25, 0.3) is 0 Å². The van der Waals surface area contributed by atoms with Gasteiger partial charge >= 0.3 is 5.97 Å². The van der Waals surface area contributed by atoms with Crippen molar-refractivity contribution < 1.29 is 23.9 Å². The van der Waals surface area contributed by atoms with Crippen molar-refractivity contribution in [3.8, 4) is 0 Å². The van der Waals surface area contributed by atoms with E-state index in [9.17, 15) is 14.4 Å². The van der Waals surface area contributed by atoms with Crippen LogP contribution in [0.4, 0.5) is 11.4 Å². The van der Waals surface area contributed by atoms with Gasteiger partial charge in [-0.3, -0.25) is 14.4 Å². The van der Waals surface area contributed by atoms with Gasteiger partial charge in [-0.05, 0) is 57.7 Å². The Hall–Kier alpha value is -2.61. The van der Waals surface area contributed by atoms with Gasteiger partial charge in [-0.2, -0.15) is 0 Å². The number of rotatable bonds is 12. The zero-order chi connectivity index (χ0) is 22.5. The molecule has 0 aromatic heterocycles. The molecule has 2 amide bonds. The summed E-state index contributed by atoms with van der Waals surface area (Å²) in [5, 5.41) is 5.74. The third-order valence-corrected chi connectivity index (χ3v) is 5.04. The summed E-state index contributed by atoms with van der Waals surface area (Å²) in [7, 11) is 0. The number of nitrogens with zero attached hydrogens (tertiary/aromatic N) is 1. The summed E-state index contributed by atoms with van der Waals surface area (Å²) in [6.45, 7) is 7.57. The second kappa shape index (κ2) is 13.6. The molecule has 1 heterocycles. The zero-order valence-corrected chi connectivity index (χ0v) is 18.7. The van der Waals surface area contributed by atoms with Crippen molar-refractivity contribution >= 4 is 29.2 Å². The fourth-order valence-electron chi connectivity index (χ4n) is 3.49. The lowest BCUT2D eigenvalue weighted by molar-refractivity contribution is -0.144. The number of nitrogens with one attached hydrogen (secondary N) is 2. The van der Waals surface area contributed by atoms with Gasteiger partial charge in [0.05, 0.1) is 18.6 Å². The smallest absolute Gasteiger partial charge is 0.306 e. The minimum atomic E-state index is -0.398. The highest BCUT2D eigenvalue weighted by Crippen LogP contribution is 2.27. The second-order valence-electron chi connectivity index (χ2n) is 7.44. The molecule has 0 bridgehead atoms. The topological polar surface area (TPSA) is 97.0 Å². The maximum atomic E-state index is 12.9. The van der Waals surface area contributed by atoms with Crippen LogP contribution >= 0.6 is 0 Å². The molecular formula is C23H35N3O5. The first-order valence-electron chi connectivity index (χ1n) is 11.3. The average molecular weight is 434 g/mol. The highest BCUT2D eigenvalue weighted by Gasteiger charge is 2.20. The molecule has 1 aromatic carbocycles. The van der Waals surface area contributed by atoms with E-state index in [1.807, 2.05) is 13.0 Å². The number of anilines is 2. The number of amides is 2. The van der Waals surface area contributed by atoms with Gasteiger partial charge in [-0.15, -0.1) is 0 Å². The molecule has 0 spiro atoms. The summed E-state index contributed by atoms with van der Waals surface area (Å²) in [5.41, 5.74) is 1.96. The summed E-state index contributed by atoms with van der Waals surface area (Å²) in [5.74, 6) is -0.855. The molecule has 0 unspecified atom stereocenters. The van der Waals surface area contributed by atoms with Crippen LogP contribution in [-0.2, 0) is 19.1 Å². The van der Waals surface area contributed by atoms with Crippen molar-refractivity contribution in [2.45, 2.75) is 52.4 Å². The molecule has 1 saturated heterocycles. The normalized spacial score (nSPS) is 13.5. The lowest BCUT2D eigenvalue weighted by Crippen LogP contribution is -2.33. The van der Waals surface area contributed by atoms with Crippen LogP contribution in [0.3, 0.4) is 0 Å². The number of hydrogen-bond acceptors (Lipinski definition) is 6. The van der Waals surface area contributed by atoms with Crippen molar-refractivity contribution in [1.29, 1.82) is 0 Å². The SMILES string of the molecule is CCOCCCNC(=O)c1cc(NC(=O)CCC(=O)OCC)ccc1N1CCCCC1. The van der Waals surface area contributed by atoms with Crippen molar-refractivity contribution in [3.63, 3.8) is 0 Å². The van der Waals surface area contributed by atoms with Gasteiger partial charge < -0.3 is 25.0 Å². The number of carbonyl (C=O) groups excluding carboxylic acids is 3. The lowest BCUT2D eigenvalue weighted by Gasteiger charge is -2.30. The molecule has 2 N–H and O–H groups in total. The predicted molar refractivity (Wildman–Crippen MR) is 120 cm³/mol. The van der Waals surface area contributed by atoms with Crippen molar-refractivity contribution in [3.05, 3.63) is 23.8 Å². The second-order valence-corrected chi connectivity index (χ2v) is 7.44. The van der Waals surface area contributed by atoms with Gasteiger partial charge in [0.25, 0.3) is 5.91 Å². The van der Waals surface area contributed by atoms with Crippen molar-refractivity contribution in [2.75, 3.05) is 49.7 Å². The molecule has 1 fully saturated rings. The third-order valence-electron chi connectivity index (χ3n) is 5.04. The number of ether oxygens (including phenoxy) is 2. The van der Waals surface area contributed by atoms with E-state index in [1.54, 1.807) is 19.1 Å². The van der Waals surface area contributed by atoms with Gasteiger partial charge in [0, 0.05) is 50.6 Å². The van der Waals surface area contributed by atoms with E-state index in [-0.39, 0.29) is 24.7 Å². The van der Waals surface area contributed by atoms with Crippen LogP contribution in [0.1, 0.15) is 62.7 Å². The van der Waals surface area contributed by atoms with Crippen LogP contribution in [0, 0.1) is 0 Å². The largest absolute Gasteiger partial charge is 0.466 e. The highest BCUT2D eigenvalue weighted by molar-refractivity contribution is 6.02. The van der Waals surface area contributed by atoms with E-state index in [4.69, 9.17) is 9.47 Å². The molecule has 172 valence electrons. The maximum absolute atomic E-state index is 12.9. The van der Waals surface area contributed by atoms with Crippen molar-refractivity contribution in [1.82, 2.24) is 5.32 Å². The minimum absolute atomic E-state index is 0.0265. The minimum Gasteiger partial charge on any atom is -0.466 e. The number of hydrogen-bond donors (Lipinski definition) is 2. The molecule has 8 nitrogen and oxygen atoms in total. The summed E-state index contributed by atoms with van der Waals surface area (Å²) in [6, 6.07) is 5.41. The van der Waals surface area contributed by atoms with Crippen LogP contribution in [0.15, 0.2) is 18.2 Å². The number of piperidine rings is 1. The van der Waals surface area contributed by atoms with Gasteiger partial charge in [-0.1, -0.05) is 0 Å². The summed E-state index contributed by atoms with van der Waals surface area (Å²) < 4.78 is 10.2. The molecule has 31 heavy (non-hydrogen) atoms. The highest BCUT2D eigenvalue weighted by atomic mass is 16.5. The lowest BCUT2D eigenvalue weighted by atomic mass is 10.1. The van der Waals surface area contributed by atoms with E-state index >= 15 is 0 Å². The van der Waals surface area contributed by atoms with Crippen LogP contribution in [0.2, 0.25) is 0 Å². The molecule has 1 aliphatic heterocycles. The average Bonchev–Trinajstić information content (AvgIpc) is 2.78. The standard InChI is InChI=1S/C23H35N3O5/c1-3-30-16-8-13-24-23(29)19-17-18(25-21(27)11-12-22(28)31-4-2)9-10-20(19)26-14-6-5-7-15-26/h9-10,17H,3-8,11-16H2,1-2H3,(H,24,29)(H,25,27). The molecule has 8 heteroatoms. The van der Waals surface area contributed by atoms with E-state index in [0.717, 1.165) is 38.0 Å². The van der Waals surface area contributed by atoms with Crippen LogP contribution in [0.5, 0.6) is 0 Å². The maximum Gasteiger partial charge on any atom is 0.306 e.